The summed E-state index contributed by atoms with van der Waals surface area (Å²) in [7, 11) is 0. The van der Waals surface area contributed by atoms with Gasteiger partial charge in [-0.3, -0.25) is 9.69 Å². The van der Waals surface area contributed by atoms with Crippen molar-refractivity contribution in [3.05, 3.63) is 35.4 Å². The molecule has 3 nitrogen and oxygen atoms in total. The van der Waals surface area contributed by atoms with E-state index in [-0.39, 0.29) is 6.42 Å². The van der Waals surface area contributed by atoms with E-state index in [1.54, 1.807) is 0 Å². The number of carboxylic acids is 1. The predicted molar refractivity (Wildman–Crippen MR) is 71.7 cm³/mol. The quantitative estimate of drug-likeness (QED) is 0.869. The summed E-state index contributed by atoms with van der Waals surface area (Å²) in [6.07, 6.45) is 3.67. The molecule has 0 aromatic heterocycles. The van der Waals surface area contributed by atoms with Crippen molar-refractivity contribution in [2.24, 2.45) is 0 Å². The van der Waals surface area contributed by atoms with Gasteiger partial charge >= 0.3 is 5.97 Å². The lowest BCUT2D eigenvalue weighted by molar-refractivity contribution is -0.137. The van der Waals surface area contributed by atoms with Gasteiger partial charge < -0.3 is 5.11 Å². The summed E-state index contributed by atoms with van der Waals surface area (Å²) in [5.41, 5.74) is 2.64. The number of hydrogen-bond acceptors (Lipinski definition) is 2. The molecule has 0 radical (unpaired) electrons. The number of aliphatic carboxylic acids is 1. The summed E-state index contributed by atoms with van der Waals surface area (Å²) >= 11 is 0. The summed E-state index contributed by atoms with van der Waals surface area (Å²) in [5, 5.41) is 8.75. The fraction of sp³-hybridized carbons (Fsp3) is 0.533. The van der Waals surface area contributed by atoms with Crippen LogP contribution in [0.25, 0.3) is 0 Å². The SMILES string of the molecule is Cc1ccc(CC2CCCN2CCC(=O)O)cc1. The summed E-state index contributed by atoms with van der Waals surface area (Å²) in [5.74, 6) is -0.698. The van der Waals surface area contributed by atoms with Gasteiger partial charge in [0.15, 0.2) is 0 Å². The molecule has 1 aromatic rings. The van der Waals surface area contributed by atoms with E-state index >= 15 is 0 Å². The minimum atomic E-state index is -0.698. The minimum absolute atomic E-state index is 0.254. The molecule has 1 saturated heterocycles. The third-order valence-electron chi connectivity index (χ3n) is 3.70. The van der Waals surface area contributed by atoms with E-state index in [1.807, 2.05) is 0 Å². The summed E-state index contributed by atoms with van der Waals surface area (Å²) in [6, 6.07) is 9.18. The molecule has 0 amide bonds. The molecule has 0 spiro atoms. The molecule has 1 aliphatic heterocycles. The standard InChI is InChI=1S/C15H21NO2/c1-12-4-6-13(7-5-12)11-14-3-2-9-16(14)10-8-15(17)18/h4-7,14H,2-3,8-11H2,1H3,(H,17,18). The molecular weight excluding hydrogens is 226 g/mol. The minimum Gasteiger partial charge on any atom is -0.481 e. The van der Waals surface area contributed by atoms with Crippen molar-refractivity contribution >= 4 is 5.97 Å². The Morgan fingerprint density at radius 3 is 2.78 bits per heavy atom. The van der Waals surface area contributed by atoms with Crippen LogP contribution >= 0.6 is 0 Å². The molecule has 1 aliphatic rings. The number of carbonyl (C=O) groups is 1. The molecule has 0 aliphatic carbocycles. The topological polar surface area (TPSA) is 40.5 Å². The molecule has 0 saturated carbocycles. The Balaban J connectivity index is 1.91. The molecule has 1 atom stereocenters. The zero-order chi connectivity index (χ0) is 13.0. The van der Waals surface area contributed by atoms with E-state index in [2.05, 4.69) is 36.1 Å². The van der Waals surface area contributed by atoms with Gasteiger partial charge in [-0.25, -0.2) is 0 Å². The first-order valence-electron chi connectivity index (χ1n) is 6.66. The Kier molecular flexibility index (Phi) is 4.37. The normalized spacial score (nSPS) is 20.2. The van der Waals surface area contributed by atoms with E-state index in [0.29, 0.717) is 12.6 Å². The maximum absolute atomic E-state index is 10.6. The monoisotopic (exact) mass is 247 g/mol. The number of likely N-dealkylation sites (tertiary alicyclic amines) is 1. The molecule has 1 fully saturated rings. The number of hydrogen-bond donors (Lipinski definition) is 1. The lowest BCUT2D eigenvalue weighted by Crippen LogP contribution is -2.33. The van der Waals surface area contributed by atoms with Crippen LogP contribution in [-0.4, -0.2) is 35.1 Å². The van der Waals surface area contributed by atoms with Gasteiger partial charge in [0.2, 0.25) is 0 Å². The van der Waals surface area contributed by atoms with Crippen LogP contribution in [0.3, 0.4) is 0 Å². The molecule has 1 N–H and O–H groups in total. The predicted octanol–water partition coefficient (Wildman–Crippen LogP) is 2.48. The van der Waals surface area contributed by atoms with E-state index < -0.39 is 5.97 Å². The molecule has 3 heteroatoms. The van der Waals surface area contributed by atoms with E-state index in [0.717, 1.165) is 13.0 Å². The number of benzene rings is 1. The highest BCUT2D eigenvalue weighted by atomic mass is 16.4. The average molecular weight is 247 g/mol. The Morgan fingerprint density at radius 1 is 1.39 bits per heavy atom. The molecule has 2 rings (SSSR count). The van der Waals surface area contributed by atoms with Crippen molar-refractivity contribution in [1.82, 2.24) is 4.90 Å². The highest BCUT2D eigenvalue weighted by Crippen LogP contribution is 2.21. The Hall–Kier alpha value is -1.35. The number of carboxylic acid groups (broad SMARTS) is 1. The van der Waals surface area contributed by atoms with Gasteiger partial charge in [0.25, 0.3) is 0 Å². The van der Waals surface area contributed by atoms with Crippen LogP contribution in [0.2, 0.25) is 0 Å². The van der Waals surface area contributed by atoms with Crippen molar-refractivity contribution in [2.45, 2.75) is 38.6 Å². The lowest BCUT2D eigenvalue weighted by Gasteiger charge is -2.23. The average Bonchev–Trinajstić information content (AvgIpc) is 2.77. The van der Waals surface area contributed by atoms with Crippen LogP contribution < -0.4 is 0 Å². The summed E-state index contributed by atoms with van der Waals surface area (Å²) < 4.78 is 0. The van der Waals surface area contributed by atoms with Crippen molar-refractivity contribution in [3.8, 4) is 0 Å². The zero-order valence-corrected chi connectivity index (χ0v) is 10.9. The summed E-state index contributed by atoms with van der Waals surface area (Å²) in [6.45, 7) is 3.83. The Labute approximate surface area is 108 Å². The molecule has 18 heavy (non-hydrogen) atoms. The molecule has 1 aromatic carbocycles. The van der Waals surface area contributed by atoms with Gasteiger partial charge in [-0.2, -0.15) is 0 Å². The zero-order valence-electron chi connectivity index (χ0n) is 10.9. The fourth-order valence-corrected chi connectivity index (χ4v) is 2.66. The van der Waals surface area contributed by atoms with Crippen molar-refractivity contribution < 1.29 is 9.90 Å². The molecular formula is C15H21NO2. The second kappa shape index (κ2) is 6.01. The van der Waals surface area contributed by atoms with Crippen LogP contribution in [0.4, 0.5) is 0 Å². The second-order valence-electron chi connectivity index (χ2n) is 5.17. The van der Waals surface area contributed by atoms with E-state index in [1.165, 1.54) is 24.0 Å². The van der Waals surface area contributed by atoms with Crippen molar-refractivity contribution in [1.29, 1.82) is 0 Å². The van der Waals surface area contributed by atoms with Gasteiger partial charge in [0, 0.05) is 12.6 Å². The Bertz CT molecular complexity index is 399. The van der Waals surface area contributed by atoms with Crippen molar-refractivity contribution in [2.75, 3.05) is 13.1 Å². The Morgan fingerprint density at radius 2 is 2.11 bits per heavy atom. The van der Waals surface area contributed by atoms with Crippen LogP contribution in [0.15, 0.2) is 24.3 Å². The van der Waals surface area contributed by atoms with Gasteiger partial charge in [0.1, 0.15) is 0 Å². The van der Waals surface area contributed by atoms with E-state index in [9.17, 15) is 4.79 Å². The van der Waals surface area contributed by atoms with Gasteiger partial charge in [-0.05, 0) is 38.3 Å². The highest BCUT2D eigenvalue weighted by Gasteiger charge is 2.24. The molecule has 98 valence electrons. The maximum atomic E-state index is 10.6. The van der Waals surface area contributed by atoms with Crippen LogP contribution in [0, 0.1) is 6.92 Å². The van der Waals surface area contributed by atoms with Crippen molar-refractivity contribution in [3.63, 3.8) is 0 Å². The summed E-state index contributed by atoms with van der Waals surface area (Å²) in [4.78, 5) is 13.0. The van der Waals surface area contributed by atoms with Gasteiger partial charge in [0.05, 0.1) is 6.42 Å². The van der Waals surface area contributed by atoms with E-state index in [4.69, 9.17) is 5.11 Å². The van der Waals surface area contributed by atoms with Crippen LogP contribution in [0.5, 0.6) is 0 Å². The second-order valence-corrected chi connectivity index (χ2v) is 5.17. The maximum Gasteiger partial charge on any atom is 0.304 e. The number of aryl methyl sites for hydroxylation is 1. The highest BCUT2D eigenvalue weighted by molar-refractivity contribution is 5.66. The molecule has 1 unspecified atom stereocenters. The van der Waals surface area contributed by atoms with Crippen LogP contribution in [0.1, 0.15) is 30.4 Å². The smallest absolute Gasteiger partial charge is 0.304 e. The molecule has 1 heterocycles. The van der Waals surface area contributed by atoms with Gasteiger partial charge in [-0.1, -0.05) is 29.8 Å². The number of nitrogens with zero attached hydrogens (tertiary/aromatic N) is 1. The largest absolute Gasteiger partial charge is 0.481 e. The lowest BCUT2D eigenvalue weighted by atomic mass is 10.0. The number of rotatable bonds is 5. The first-order valence-corrected chi connectivity index (χ1v) is 6.66. The third kappa shape index (κ3) is 3.57. The molecule has 0 bridgehead atoms. The third-order valence-corrected chi connectivity index (χ3v) is 3.70. The fourth-order valence-electron chi connectivity index (χ4n) is 2.66. The first kappa shape index (κ1) is 13.1. The first-order chi connectivity index (χ1) is 8.65. The van der Waals surface area contributed by atoms with Crippen LogP contribution in [-0.2, 0) is 11.2 Å². The van der Waals surface area contributed by atoms with Gasteiger partial charge in [-0.15, -0.1) is 0 Å².